The van der Waals surface area contributed by atoms with Crippen LogP contribution < -0.4 is 10.6 Å². The number of nitrogens with one attached hydrogen (secondary N) is 2. The molecule has 3 unspecified atom stereocenters. The van der Waals surface area contributed by atoms with Crippen molar-refractivity contribution in [3.63, 3.8) is 0 Å². The lowest BCUT2D eigenvalue weighted by atomic mass is 9.94. The zero-order chi connectivity index (χ0) is 12.0. The van der Waals surface area contributed by atoms with Gasteiger partial charge in [-0.25, -0.2) is 0 Å². The lowest BCUT2D eigenvalue weighted by molar-refractivity contribution is -0.126. The molecular weight excluding hydrogens is 200 g/mol. The van der Waals surface area contributed by atoms with E-state index in [-0.39, 0.29) is 11.8 Å². The highest BCUT2D eigenvalue weighted by atomic mass is 16.2. The molecule has 1 aliphatic rings. The van der Waals surface area contributed by atoms with E-state index in [4.69, 9.17) is 0 Å². The molecule has 1 heterocycles. The second kappa shape index (κ2) is 6.89. The monoisotopic (exact) mass is 226 g/mol. The highest BCUT2D eigenvalue weighted by Crippen LogP contribution is 2.15. The Bertz CT molecular complexity index is 210. The molecule has 0 aromatic carbocycles. The Balaban J connectivity index is 2.33. The molecule has 1 aliphatic heterocycles. The molecule has 2 N–H and O–H groups in total. The fourth-order valence-electron chi connectivity index (χ4n) is 2.27. The maximum absolute atomic E-state index is 12.0. The zero-order valence-corrected chi connectivity index (χ0v) is 10.9. The highest BCUT2D eigenvalue weighted by Gasteiger charge is 2.24. The van der Waals surface area contributed by atoms with Crippen LogP contribution in [-0.4, -0.2) is 24.5 Å². The minimum Gasteiger partial charge on any atom is -0.353 e. The van der Waals surface area contributed by atoms with Crippen LogP contribution in [-0.2, 0) is 4.79 Å². The van der Waals surface area contributed by atoms with Crippen molar-refractivity contribution in [3.8, 4) is 0 Å². The van der Waals surface area contributed by atoms with Crippen LogP contribution in [0, 0.1) is 5.92 Å². The maximum Gasteiger partial charge on any atom is 0.224 e. The molecule has 0 aromatic heterocycles. The van der Waals surface area contributed by atoms with E-state index in [2.05, 4.69) is 31.4 Å². The quantitative estimate of drug-likeness (QED) is 0.753. The van der Waals surface area contributed by atoms with Crippen LogP contribution in [0.25, 0.3) is 0 Å². The molecule has 94 valence electrons. The lowest BCUT2D eigenvalue weighted by Crippen LogP contribution is -2.46. The summed E-state index contributed by atoms with van der Waals surface area (Å²) in [7, 11) is 0. The van der Waals surface area contributed by atoms with Crippen LogP contribution in [0.5, 0.6) is 0 Å². The molecular formula is C13H26N2O. The summed E-state index contributed by atoms with van der Waals surface area (Å²) < 4.78 is 0. The first-order chi connectivity index (χ1) is 7.67. The molecule has 16 heavy (non-hydrogen) atoms. The molecule has 3 nitrogen and oxygen atoms in total. The summed E-state index contributed by atoms with van der Waals surface area (Å²) in [5.41, 5.74) is 0. The summed E-state index contributed by atoms with van der Waals surface area (Å²) in [5.74, 6) is 0.432. The summed E-state index contributed by atoms with van der Waals surface area (Å²) >= 11 is 0. The minimum atomic E-state index is 0.183. The van der Waals surface area contributed by atoms with Crippen LogP contribution in [0.2, 0.25) is 0 Å². The molecule has 0 aromatic rings. The van der Waals surface area contributed by atoms with Gasteiger partial charge in [0.2, 0.25) is 5.91 Å². The van der Waals surface area contributed by atoms with Gasteiger partial charge in [-0.1, -0.05) is 20.3 Å². The van der Waals surface area contributed by atoms with Gasteiger partial charge in [-0.05, 0) is 32.6 Å². The van der Waals surface area contributed by atoms with Crippen molar-refractivity contribution in [1.29, 1.82) is 0 Å². The molecule has 0 spiro atoms. The Labute approximate surface area is 99.4 Å². The van der Waals surface area contributed by atoms with Gasteiger partial charge in [-0.15, -0.1) is 0 Å². The number of hydrogen-bond acceptors (Lipinski definition) is 2. The fourth-order valence-corrected chi connectivity index (χ4v) is 2.27. The second-order valence-electron chi connectivity index (χ2n) is 4.99. The van der Waals surface area contributed by atoms with Crippen LogP contribution in [0.3, 0.4) is 0 Å². The van der Waals surface area contributed by atoms with Crippen LogP contribution in [0.1, 0.15) is 52.9 Å². The van der Waals surface area contributed by atoms with Crippen molar-refractivity contribution < 1.29 is 4.79 Å². The molecule has 1 fully saturated rings. The van der Waals surface area contributed by atoms with Gasteiger partial charge in [0.05, 0.1) is 5.92 Å². The lowest BCUT2D eigenvalue weighted by Gasteiger charge is -2.28. The van der Waals surface area contributed by atoms with Gasteiger partial charge in [0.1, 0.15) is 0 Å². The molecule has 0 saturated carbocycles. The van der Waals surface area contributed by atoms with Gasteiger partial charge in [0.25, 0.3) is 0 Å². The smallest absolute Gasteiger partial charge is 0.224 e. The van der Waals surface area contributed by atoms with E-state index < -0.39 is 0 Å². The summed E-state index contributed by atoms with van der Waals surface area (Å²) in [6.07, 6.45) is 5.42. The first-order valence-electron chi connectivity index (χ1n) is 6.71. The zero-order valence-electron chi connectivity index (χ0n) is 10.9. The van der Waals surface area contributed by atoms with Crippen LogP contribution in [0.15, 0.2) is 0 Å². The second-order valence-corrected chi connectivity index (χ2v) is 4.99. The topological polar surface area (TPSA) is 41.1 Å². The molecule has 0 bridgehead atoms. The fraction of sp³-hybridized carbons (Fsp3) is 0.923. The van der Waals surface area contributed by atoms with Gasteiger partial charge < -0.3 is 10.6 Å². The first-order valence-corrected chi connectivity index (χ1v) is 6.71. The van der Waals surface area contributed by atoms with Crippen LogP contribution in [0.4, 0.5) is 0 Å². The molecule has 0 radical (unpaired) electrons. The average Bonchev–Trinajstić information content (AvgIpc) is 2.29. The van der Waals surface area contributed by atoms with Crippen molar-refractivity contribution in [2.75, 3.05) is 6.54 Å². The third-order valence-electron chi connectivity index (χ3n) is 3.51. The standard InChI is InChI=1S/C13H26N2O/c1-4-6-12(5-2)15-13(16)11-8-7-10(3)14-9-11/h10-12,14H,4-9H2,1-3H3,(H,15,16). The average molecular weight is 226 g/mol. The third kappa shape index (κ3) is 4.12. The van der Waals surface area contributed by atoms with E-state index in [9.17, 15) is 4.79 Å². The van der Waals surface area contributed by atoms with Gasteiger partial charge in [0.15, 0.2) is 0 Å². The Morgan fingerprint density at radius 2 is 2.19 bits per heavy atom. The van der Waals surface area contributed by atoms with Crippen LogP contribution >= 0.6 is 0 Å². The molecule has 1 rings (SSSR count). The minimum absolute atomic E-state index is 0.183. The van der Waals surface area contributed by atoms with E-state index in [1.165, 1.54) is 0 Å². The maximum atomic E-state index is 12.0. The van der Waals surface area contributed by atoms with Crippen molar-refractivity contribution >= 4 is 5.91 Å². The van der Waals surface area contributed by atoms with Crippen molar-refractivity contribution in [1.82, 2.24) is 10.6 Å². The summed E-state index contributed by atoms with van der Waals surface area (Å²) in [6, 6.07) is 0.943. The summed E-state index contributed by atoms with van der Waals surface area (Å²) in [4.78, 5) is 12.0. The Morgan fingerprint density at radius 1 is 1.44 bits per heavy atom. The predicted octanol–water partition coefficient (Wildman–Crippen LogP) is 2.07. The van der Waals surface area contributed by atoms with E-state index in [1.807, 2.05) is 0 Å². The summed E-state index contributed by atoms with van der Waals surface area (Å²) in [5, 5.41) is 6.55. The molecule has 3 heteroatoms. The largest absolute Gasteiger partial charge is 0.353 e. The van der Waals surface area contributed by atoms with E-state index in [0.717, 1.165) is 38.6 Å². The van der Waals surface area contributed by atoms with Gasteiger partial charge in [0, 0.05) is 18.6 Å². The van der Waals surface area contributed by atoms with E-state index in [1.54, 1.807) is 0 Å². The van der Waals surface area contributed by atoms with Gasteiger partial charge >= 0.3 is 0 Å². The SMILES string of the molecule is CCCC(CC)NC(=O)C1CCC(C)NC1. The first kappa shape index (κ1) is 13.5. The number of rotatable bonds is 5. The number of piperidine rings is 1. The Hall–Kier alpha value is -0.570. The predicted molar refractivity (Wildman–Crippen MR) is 67.3 cm³/mol. The summed E-state index contributed by atoms with van der Waals surface area (Å²) in [6.45, 7) is 7.33. The number of hydrogen-bond donors (Lipinski definition) is 2. The van der Waals surface area contributed by atoms with E-state index >= 15 is 0 Å². The van der Waals surface area contributed by atoms with Gasteiger partial charge in [-0.2, -0.15) is 0 Å². The molecule has 3 atom stereocenters. The number of carbonyl (C=O) groups excluding carboxylic acids is 1. The third-order valence-corrected chi connectivity index (χ3v) is 3.51. The molecule has 0 aliphatic carbocycles. The number of carbonyl (C=O) groups is 1. The van der Waals surface area contributed by atoms with Crippen molar-refractivity contribution in [3.05, 3.63) is 0 Å². The Morgan fingerprint density at radius 3 is 2.69 bits per heavy atom. The normalized spacial score (nSPS) is 27.4. The number of amides is 1. The highest BCUT2D eigenvalue weighted by molar-refractivity contribution is 5.79. The molecule has 1 saturated heterocycles. The molecule has 1 amide bonds. The Kier molecular flexibility index (Phi) is 5.81. The van der Waals surface area contributed by atoms with E-state index in [0.29, 0.717) is 12.1 Å². The van der Waals surface area contributed by atoms with Gasteiger partial charge in [-0.3, -0.25) is 4.79 Å². The van der Waals surface area contributed by atoms with Crippen molar-refractivity contribution in [2.24, 2.45) is 5.92 Å². The van der Waals surface area contributed by atoms with Crippen molar-refractivity contribution in [2.45, 2.75) is 65.0 Å².